The molecule has 2 aliphatic rings. The SMILES string of the molecule is CC1(O)CCN(c2ccc(N3CCC[C@@H](NC(N)=O)C3=O)cc2)C1. The third-order valence-corrected chi connectivity index (χ3v) is 4.73. The van der Waals surface area contributed by atoms with Gasteiger partial charge in [-0.1, -0.05) is 0 Å². The molecule has 4 N–H and O–H groups in total. The molecule has 0 bridgehead atoms. The molecular weight excluding hydrogens is 308 g/mol. The van der Waals surface area contributed by atoms with E-state index in [1.54, 1.807) is 4.90 Å². The number of β-amino-alcohol motifs (C(OH)–C–C–N with tert-alkyl or cyclic N) is 1. The number of rotatable bonds is 3. The van der Waals surface area contributed by atoms with Crippen molar-refractivity contribution in [3.63, 3.8) is 0 Å². The number of urea groups is 1. The van der Waals surface area contributed by atoms with E-state index < -0.39 is 17.7 Å². The molecule has 2 aliphatic heterocycles. The number of aliphatic hydroxyl groups is 1. The highest BCUT2D eigenvalue weighted by Gasteiger charge is 2.32. The second kappa shape index (κ2) is 6.32. The second-order valence-electron chi connectivity index (χ2n) is 6.88. The molecule has 0 aliphatic carbocycles. The molecular formula is C17H24N4O3. The number of piperidine rings is 1. The minimum atomic E-state index is -0.674. The topological polar surface area (TPSA) is 98.9 Å². The molecule has 2 saturated heterocycles. The Kier molecular flexibility index (Phi) is 4.36. The number of carbonyl (C=O) groups is 2. The van der Waals surface area contributed by atoms with Crippen LogP contribution in [0.1, 0.15) is 26.2 Å². The molecule has 2 atom stereocenters. The van der Waals surface area contributed by atoms with E-state index in [0.29, 0.717) is 19.5 Å². The zero-order valence-electron chi connectivity index (χ0n) is 13.9. The van der Waals surface area contributed by atoms with Gasteiger partial charge in [0.1, 0.15) is 6.04 Å². The molecule has 0 aromatic heterocycles. The molecule has 3 rings (SSSR count). The highest BCUT2D eigenvalue weighted by Crippen LogP contribution is 2.29. The van der Waals surface area contributed by atoms with Gasteiger partial charge in [0.15, 0.2) is 0 Å². The van der Waals surface area contributed by atoms with Gasteiger partial charge in [-0.3, -0.25) is 4.79 Å². The molecule has 1 aromatic carbocycles. The predicted molar refractivity (Wildman–Crippen MR) is 92.0 cm³/mol. The van der Waals surface area contributed by atoms with Crippen molar-refractivity contribution in [1.29, 1.82) is 0 Å². The molecule has 2 fully saturated rings. The van der Waals surface area contributed by atoms with Crippen LogP contribution in [0.15, 0.2) is 24.3 Å². The van der Waals surface area contributed by atoms with Gasteiger partial charge in [-0.25, -0.2) is 4.79 Å². The number of hydrogen-bond donors (Lipinski definition) is 3. The van der Waals surface area contributed by atoms with E-state index in [0.717, 1.165) is 30.8 Å². The molecule has 0 radical (unpaired) electrons. The fourth-order valence-corrected chi connectivity index (χ4v) is 3.45. The van der Waals surface area contributed by atoms with E-state index in [4.69, 9.17) is 5.73 Å². The average Bonchev–Trinajstić information content (AvgIpc) is 2.89. The third kappa shape index (κ3) is 3.46. The van der Waals surface area contributed by atoms with Crippen LogP contribution in [0.5, 0.6) is 0 Å². The van der Waals surface area contributed by atoms with E-state index in [1.807, 2.05) is 31.2 Å². The fraction of sp³-hybridized carbons (Fsp3) is 0.529. The minimum Gasteiger partial charge on any atom is -0.388 e. The van der Waals surface area contributed by atoms with Crippen LogP contribution >= 0.6 is 0 Å². The van der Waals surface area contributed by atoms with Crippen molar-refractivity contribution in [1.82, 2.24) is 5.32 Å². The Hall–Kier alpha value is -2.28. The first-order valence-electron chi connectivity index (χ1n) is 8.30. The first kappa shape index (κ1) is 16.6. The highest BCUT2D eigenvalue weighted by atomic mass is 16.3. The van der Waals surface area contributed by atoms with Crippen molar-refractivity contribution in [2.24, 2.45) is 5.73 Å². The lowest BCUT2D eigenvalue weighted by Gasteiger charge is -2.32. The Balaban J connectivity index is 1.71. The van der Waals surface area contributed by atoms with Crippen LogP contribution < -0.4 is 20.9 Å². The van der Waals surface area contributed by atoms with Crippen LogP contribution in [0.2, 0.25) is 0 Å². The lowest BCUT2D eigenvalue weighted by atomic mass is 10.0. The number of anilines is 2. The summed E-state index contributed by atoms with van der Waals surface area (Å²) in [5.74, 6) is -0.128. The number of benzene rings is 1. The lowest BCUT2D eigenvalue weighted by molar-refractivity contribution is -0.121. The summed E-state index contributed by atoms with van der Waals surface area (Å²) in [7, 11) is 0. The Morgan fingerprint density at radius 3 is 2.54 bits per heavy atom. The van der Waals surface area contributed by atoms with Crippen LogP contribution in [0.25, 0.3) is 0 Å². The van der Waals surface area contributed by atoms with Gasteiger partial charge in [0.2, 0.25) is 5.91 Å². The fourth-order valence-electron chi connectivity index (χ4n) is 3.45. The van der Waals surface area contributed by atoms with Gasteiger partial charge >= 0.3 is 6.03 Å². The van der Waals surface area contributed by atoms with Crippen molar-refractivity contribution in [3.8, 4) is 0 Å². The molecule has 1 unspecified atom stereocenters. The van der Waals surface area contributed by atoms with E-state index in [9.17, 15) is 14.7 Å². The van der Waals surface area contributed by atoms with Crippen molar-refractivity contribution in [2.45, 2.75) is 37.8 Å². The number of nitrogens with one attached hydrogen (secondary N) is 1. The smallest absolute Gasteiger partial charge is 0.312 e. The summed E-state index contributed by atoms with van der Waals surface area (Å²) in [4.78, 5) is 27.3. The number of carbonyl (C=O) groups excluding carboxylic acids is 2. The number of nitrogens with zero attached hydrogens (tertiary/aromatic N) is 2. The second-order valence-corrected chi connectivity index (χ2v) is 6.88. The summed E-state index contributed by atoms with van der Waals surface area (Å²) in [5, 5.41) is 12.6. The maximum Gasteiger partial charge on any atom is 0.312 e. The maximum absolute atomic E-state index is 12.5. The van der Waals surface area contributed by atoms with E-state index in [1.165, 1.54) is 0 Å². The number of nitrogens with two attached hydrogens (primary N) is 1. The Bertz CT molecular complexity index is 629. The first-order chi connectivity index (χ1) is 11.4. The monoisotopic (exact) mass is 332 g/mol. The molecule has 1 aromatic rings. The van der Waals surface area contributed by atoms with E-state index in [-0.39, 0.29) is 5.91 Å². The standard InChI is InChI=1S/C17H24N4O3/c1-17(24)8-10-20(11-17)12-4-6-13(7-5-12)21-9-2-3-14(15(21)22)19-16(18)23/h4-7,14,24H,2-3,8-11H2,1H3,(H3,18,19,23)/t14-,17?/m1/s1. The van der Waals surface area contributed by atoms with Gasteiger partial charge in [0.05, 0.1) is 5.60 Å². The first-order valence-corrected chi connectivity index (χ1v) is 8.30. The molecule has 24 heavy (non-hydrogen) atoms. The van der Waals surface area contributed by atoms with Gasteiger partial charge in [0.25, 0.3) is 0 Å². The minimum absolute atomic E-state index is 0.128. The van der Waals surface area contributed by atoms with Gasteiger partial charge in [-0.05, 0) is 50.5 Å². The number of primary amides is 1. The summed E-state index contributed by atoms with van der Waals surface area (Å²) in [6, 6.07) is 6.53. The normalized spacial score (nSPS) is 27.4. The summed E-state index contributed by atoms with van der Waals surface area (Å²) >= 11 is 0. The van der Waals surface area contributed by atoms with Gasteiger partial charge in [-0.15, -0.1) is 0 Å². The average molecular weight is 332 g/mol. The number of amides is 3. The van der Waals surface area contributed by atoms with Crippen LogP contribution in [0, 0.1) is 0 Å². The quantitative estimate of drug-likeness (QED) is 0.763. The summed E-state index contributed by atoms with van der Waals surface area (Å²) in [6.45, 7) is 3.91. The largest absolute Gasteiger partial charge is 0.388 e. The number of hydrogen-bond acceptors (Lipinski definition) is 4. The zero-order valence-corrected chi connectivity index (χ0v) is 13.9. The van der Waals surface area contributed by atoms with Crippen molar-refractivity contribution >= 4 is 23.3 Å². The van der Waals surface area contributed by atoms with Crippen LogP contribution in [-0.2, 0) is 4.79 Å². The summed E-state index contributed by atoms with van der Waals surface area (Å²) < 4.78 is 0. The Morgan fingerprint density at radius 1 is 1.29 bits per heavy atom. The molecule has 3 amide bonds. The molecule has 7 nitrogen and oxygen atoms in total. The van der Waals surface area contributed by atoms with Crippen LogP contribution in [-0.4, -0.2) is 48.3 Å². The summed E-state index contributed by atoms with van der Waals surface area (Å²) in [5.41, 5.74) is 6.34. The maximum atomic E-state index is 12.5. The van der Waals surface area contributed by atoms with E-state index in [2.05, 4.69) is 10.2 Å². The van der Waals surface area contributed by atoms with Crippen molar-refractivity contribution in [2.75, 3.05) is 29.4 Å². The zero-order chi connectivity index (χ0) is 17.3. The lowest BCUT2D eigenvalue weighted by Crippen LogP contribution is -2.53. The van der Waals surface area contributed by atoms with Gasteiger partial charge < -0.3 is 26.0 Å². The highest BCUT2D eigenvalue weighted by molar-refractivity contribution is 5.99. The van der Waals surface area contributed by atoms with Crippen molar-refractivity contribution < 1.29 is 14.7 Å². The van der Waals surface area contributed by atoms with Gasteiger partial charge in [-0.2, -0.15) is 0 Å². The molecule has 130 valence electrons. The Labute approximate surface area is 141 Å². The van der Waals surface area contributed by atoms with Gasteiger partial charge in [0, 0.05) is 31.0 Å². The van der Waals surface area contributed by atoms with Crippen LogP contribution in [0.4, 0.5) is 16.2 Å². The Morgan fingerprint density at radius 2 is 1.96 bits per heavy atom. The molecule has 2 heterocycles. The molecule has 7 heteroatoms. The molecule has 0 saturated carbocycles. The van der Waals surface area contributed by atoms with E-state index >= 15 is 0 Å². The van der Waals surface area contributed by atoms with Crippen molar-refractivity contribution in [3.05, 3.63) is 24.3 Å². The van der Waals surface area contributed by atoms with Crippen LogP contribution in [0.3, 0.4) is 0 Å². The third-order valence-electron chi connectivity index (χ3n) is 4.73. The predicted octanol–water partition coefficient (Wildman–Crippen LogP) is 0.811. The summed E-state index contributed by atoms with van der Waals surface area (Å²) in [6.07, 6.45) is 2.17. The molecule has 0 spiro atoms.